The summed E-state index contributed by atoms with van der Waals surface area (Å²) >= 11 is 3.16. The van der Waals surface area contributed by atoms with Gasteiger partial charge in [-0.15, -0.1) is 11.3 Å². The molecule has 1 aromatic heterocycles. The first kappa shape index (κ1) is 10.8. The highest BCUT2D eigenvalue weighted by atomic mass is 32.2. The van der Waals surface area contributed by atoms with Crippen LogP contribution in [0.4, 0.5) is 0 Å². The first-order valence-electron chi connectivity index (χ1n) is 4.71. The third-order valence-electron chi connectivity index (χ3n) is 2.07. The molecule has 1 N–H and O–H groups in total. The lowest BCUT2D eigenvalue weighted by atomic mass is 10.2. The van der Waals surface area contributed by atoms with E-state index in [9.17, 15) is 4.79 Å². The van der Waals surface area contributed by atoms with Crippen LogP contribution in [-0.4, -0.2) is 17.2 Å². The Bertz CT molecular complexity index is 396. The topological polar surface area (TPSA) is 46.5 Å². The second-order valence-corrected chi connectivity index (χ2v) is 5.72. The van der Waals surface area contributed by atoms with E-state index in [1.807, 2.05) is 25.6 Å². The van der Waals surface area contributed by atoms with Crippen LogP contribution in [-0.2, 0) is 11.5 Å². The highest BCUT2D eigenvalue weighted by Gasteiger charge is 2.27. The molecular weight excluding hydrogens is 232 g/mol. The zero-order chi connectivity index (χ0) is 11.0. The summed E-state index contributed by atoms with van der Waals surface area (Å²) in [6.07, 6.45) is 0.0207. The largest absolute Gasteiger partial charge is 0.489 e. The van der Waals surface area contributed by atoms with E-state index in [1.54, 1.807) is 0 Å². The van der Waals surface area contributed by atoms with Crippen LogP contribution in [0.2, 0.25) is 0 Å². The Labute approximate surface area is 96.4 Å². The van der Waals surface area contributed by atoms with Crippen molar-refractivity contribution in [3.05, 3.63) is 15.3 Å². The van der Waals surface area contributed by atoms with Crippen LogP contribution in [0.3, 0.4) is 0 Å². The fraction of sp³-hybridized carbons (Fsp3) is 0.500. The van der Waals surface area contributed by atoms with Gasteiger partial charge in [0.25, 0.3) is 0 Å². The number of aromatic carboxylic acids is 1. The molecule has 15 heavy (non-hydrogen) atoms. The molecular formula is C10H12O3S2. The fourth-order valence-corrected chi connectivity index (χ4v) is 3.94. The van der Waals surface area contributed by atoms with Gasteiger partial charge in [-0.3, -0.25) is 0 Å². The Balaban J connectivity index is 2.43. The lowest BCUT2D eigenvalue weighted by Crippen LogP contribution is -2.09. The first-order valence-corrected chi connectivity index (χ1v) is 6.69. The number of hydrogen-bond donors (Lipinski definition) is 1. The molecule has 0 aliphatic carbocycles. The molecule has 0 spiro atoms. The molecule has 0 aromatic carbocycles. The normalized spacial score (nSPS) is 14.3. The highest BCUT2D eigenvalue weighted by Crippen LogP contribution is 2.44. The van der Waals surface area contributed by atoms with E-state index in [0.29, 0.717) is 10.6 Å². The summed E-state index contributed by atoms with van der Waals surface area (Å²) < 4.78 is 5.61. The lowest BCUT2D eigenvalue weighted by Gasteiger charge is -2.10. The number of rotatable bonds is 3. The van der Waals surface area contributed by atoms with Gasteiger partial charge >= 0.3 is 5.97 Å². The molecule has 0 amide bonds. The number of fused-ring (bicyclic) bond motifs is 1. The van der Waals surface area contributed by atoms with Crippen LogP contribution in [0, 0.1) is 0 Å². The third kappa shape index (κ3) is 1.99. The van der Waals surface area contributed by atoms with Crippen molar-refractivity contribution in [1.82, 2.24) is 0 Å². The molecule has 0 saturated carbocycles. The number of thioether (sulfide) groups is 1. The lowest BCUT2D eigenvalue weighted by molar-refractivity contribution is 0.0696. The minimum absolute atomic E-state index is 0.0207. The second-order valence-electron chi connectivity index (χ2n) is 3.63. The van der Waals surface area contributed by atoms with E-state index in [4.69, 9.17) is 9.84 Å². The molecule has 1 aromatic rings. The van der Waals surface area contributed by atoms with Gasteiger partial charge < -0.3 is 9.84 Å². The van der Waals surface area contributed by atoms with Crippen molar-refractivity contribution < 1.29 is 14.6 Å². The SMILES string of the molecule is CC(C)Oc1c(C(=O)O)sc2c1CSC2. The van der Waals surface area contributed by atoms with Gasteiger partial charge in [-0.05, 0) is 13.8 Å². The van der Waals surface area contributed by atoms with Crippen LogP contribution >= 0.6 is 23.1 Å². The van der Waals surface area contributed by atoms with Gasteiger partial charge in [-0.1, -0.05) is 0 Å². The Hall–Kier alpha value is -0.680. The van der Waals surface area contributed by atoms with E-state index in [-0.39, 0.29) is 6.10 Å². The number of carboxylic acids is 1. The number of thiophene rings is 1. The summed E-state index contributed by atoms with van der Waals surface area (Å²) in [5.74, 6) is 1.51. The molecule has 82 valence electrons. The predicted molar refractivity (Wildman–Crippen MR) is 62.0 cm³/mol. The minimum Gasteiger partial charge on any atom is -0.489 e. The molecule has 1 aliphatic heterocycles. The van der Waals surface area contributed by atoms with Gasteiger partial charge in [0.1, 0.15) is 5.75 Å². The van der Waals surface area contributed by atoms with Crippen LogP contribution < -0.4 is 4.74 Å². The van der Waals surface area contributed by atoms with E-state index < -0.39 is 5.97 Å². The number of carbonyl (C=O) groups is 1. The van der Waals surface area contributed by atoms with Gasteiger partial charge in [0.15, 0.2) is 4.88 Å². The van der Waals surface area contributed by atoms with Gasteiger partial charge in [-0.25, -0.2) is 4.79 Å². The summed E-state index contributed by atoms with van der Waals surface area (Å²) in [6, 6.07) is 0. The first-order chi connectivity index (χ1) is 7.09. The average molecular weight is 244 g/mol. The molecule has 2 heterocycles. The molecule has 0 radical (unpaired) electrons. The molecule has 0 saturated heterocycles. The van der Waals surface area contributed by atoms with Crippen LogP contribution in [0.1, 0.15) is 34.0 Å². The van der Waals surface area contributed by atoms with Gasteiger partial charge in [0.2, 0.25) is 0 Å². The van der Waals surface area contributed by atoms with E-state index >= 15 is 0 Å². The zero-order valence-corrected chi connectivity index (χ0v) is 10.2. The summed E-state index contributed by atoms with van der Waals surface area (Å²) in [5, 5.41) is 9.06. The highest BCUT2D eigenvalue weighted by molar-refractivity contribution is 7.98. The van der Waals surface area contributed by atoms with Crippen molar-refractivity contribution in [2.75, 3.05) is 0 Å². The summed E-state index contributed by atoms with van der Waals surface area (Å²) in [5.41, 5.74) is 1.09. The van der Waals surface area contributed by atoms with Crippen molar-refractivity contribution in [3.8, 4) is 5.75 Å². The van der Waals surface area contributed by atoms with Crippen molar-refractivity contribution in [2.24, 2.45) is 0 Å². The third-order valence-corrected chi connectivity index (χ3v) is 4.44. The smallest absolute Gasteiger partial charge is 0.349 e. The quantitative estimate of drug-likeness (QED) is 0.888. The molecule has 5 heteroatoms. The fourth-order valence-electron chi connectivity index (χ4n) is 1.50. The van der Waals surface area contributed by atoms with Gasteiger partial charge in [0.05, 0.1) is 6.10 Å². The second kappa shape index (κ2) is 4.06. The molecule has 1 aliphatic rings. The maximum Gasteiger partial charge on any atom is 0.349 e. The van der Waals surface area contributed by atoms with Gasteiger partial charge in [-0.2, -0.15) is 11.8 Å². The molecule has 0 atom stereocenters. The van der Waals surface area contributed by atoms with Crippen LogP contribution in [0.15, 0.2) is 0 Å². The maximum atomic E-state index is 11.0. The summed E-state index contributed by atoms with van der Waals surface area (Å²) in [6.45, 7) is 3.83. The molecule has 0 fully saturated rings. The molecule has 3 nitrogen and oxygen atoms in total. The Morgan fingerprint density at radius 3 is 2.80 bits per heavy atom. The zero-order valence-electron chi connectivity index (χ0n) is 8.57. The van der Waals surface area contributed by atoms with Gasteiger partial charge in [0, 0.05) is 21.9 Å². The van der Waals surface area contributed by atoms with Crippen LogP contribution in [0.5, 0.6) is 5.75 Å². The monoisotopic (exact) mass is 244 g/mol. The molecule has 2 rings (SSSR count). The van der Waals surface area contributed by atoms with E-state index in [0.717, 1.165) is 21.9 Å². The van der Waals surface area contributed by atoms with Crippen molar-refractivity contribution >= 4 is 29.1 Å². The summed E-state index contributed by atoms with van der Waals surface area (Å²) in [7, 11) is 0. The Morgan fingerprint density at radius 2 is 2.20 bits per heavy atom. The number of hydrogen-bond acceptors (Lipinski definition) is 4. The maximum absolute atomic E-state index is 11.0. The van der Waals surface area contributed by atoms with Crippen molar-refractivity contribution in [3.63, 3.8) is 0 Å². The minimum atomic E-state index is -0.880. The standard InChI is InChI=1S/C10H12O3S2/c1-5(2)13-8-6-3-14-4-7(6)15-9(8)10(11)12/h5H,3-4H2,1-2H3,(H,11,12). The predicted octanol–water partition coefficient (Wildman–Crippen LogP) is 2.98. The van der Waals surface area contributed by atoms with Crippen molar-refractivity contribution in [2.45, 2.75) is 31.5 Å². The molecule has 0 unspecified atom stereocenters. The molecule has 0 bridgehead atoms. The van der Waals surface area contributed by atoms with Crippen LogP contribution in [0.25, 0.3) is 0 Å². The number of carboxylic acid groups (broad SMARTS) is 1. The number of ether oxygens (including phenoxy) is 1. The van der Waals surface area contributed by atoms with Crippen molar-refractivity contribution in [1.29, 1.82) is 0 Å². The Morgan fingerprint density at radius 1 is 1.47 bits per heavy atom. The van der Waals surface area contributed by atoms with E-state index in [2.05, 4.69) is 0 Å². The average Bonchev–Trinajstić information content (AvgIpc) is 2.66. The van der Waals surface area contributed by atoms with E-state index in [1.165, 1.54) is 11.3 Å². The summed E-state index contributed by atoms with van der Waals surface area (Å²) in [4.78, 5) is 12.5. The Kier molecular flexibility index (Phi) is 2.93.